The lowest BCUT2D eigenvalue weighted by atomic mass is 10.0. The predicted octanol–water partition coefficient (Wildman–Crippen LogP) is 1.74. The van der Waals surface area contributed by atoms with Crippen molar-refractivity contribution < 1.29 is 22.4 Å². The molecule has 1 amide bonds. The Balaban J connectivity index is 2.73. The highest BCUT2D eigenvalue weighted by atomic mass is 19.4. The maximum Gasteiger partial charge on any atom is 0.415 e. The maximum atomic E-state index is 12.5. The molecule has 4 nitrogen and oxygen atoms in total. The zero-order valence-electron chi connectivity index (χ0n) is 9.34. The lowest BCUT2D eigenvalue weighted by Gasteiger charge is -2.27. The number of amides is 1. The number of carbonyl (C=O) groups is 1. The van der Waals surface area contributed by atoms with Crippen molar-refractivity contribution in [3.63, 3.8) is 0 Å². The molecular weight excluding hydrogens is 237 g/mol. The topological polar surface area (TPSA) is 68.3 Å². The smallest absolute Gasteiger partial charge is 0.415 e. The molecule has 0 saturated heterocycles. The first-order valence-electron chi connectivity index (χ1n) is 4.86. The first kappa shape index (κ1) is 13.6. The van der Waals surface area contributed by atoms with Crippen molar-refractivity contribution in [2.75, 3.05) is 0 Å². The Kier molecular flexibility index (Phi) is 3.51. The van der Waals surface area contributed by atoms with E-state index >= 15 is 0 Å². The molecule has 1 unspecified atom stereocenters. The van der Waals surface area contributed by atoms with Gasteiger partial charge in [0.05, 0.1) is 12.3 Å². The zero-order valence-corrected chi connectivity index (χ0v) is 9.34. The van der Waals surface area contributed by atoms with Crippen LogP contribution in [0.1, 0.15) is 25.6 Å². The van der Waals surface area contributed by atoms with Crippen LogP contribution in [0.15, 0.2) is 22.8 Å². The first-order valence-corrected chi connectivity index (χ1v) is 4.86. The predicted molar refractivity (Wildman–Crippen MR) is 53.9 cm³/mol. The second kappa shape index (κ2) is 4.40. The molecule has 0 spiro atoms. The molecule has 17 heavy (non-hydrogen) atoms. The first-order chi connectivity index (χ1) is 7.66. The number of rotatable bonds is 3. The molecule has 0 aliphatic carbocycles. The Morgan fingerprint density at radius 3 is 2.53 bits per heavy atom. The Morgan fingerprint density at radius 1 is 1.53 bits per heavy atom. The van der Waals surface area contributed by atoms with Crippen LogP contribution in [0.3, 0.4) is 0 Å². The molecule has 0 bridgehead atoms. The average Bonchev–Trinajstić information content (AvgIpc) is 2.68. The number of alkyl halides is 3. The van der Waals surface area contributed by atoms with Gasteiger partial charge in [0, 0.05) is 0 Å². The normalized spacial score (nSPS) is 17.3. The number of nitrogens with two attached hydrogens (primary N) is 1. The van der Waals surface area contributed by atoms with Crippen LogP contribution < -0.4 is 11.1 Å². The van der Waals surface area contributed by atoms with Crippen molar-refractivity contribution >= 4 is 5.91 Å². The molecule has 1 heterocycles. The molecule has 96 valence electrons. The van der Waals surface area contributed by atoms with E-state index in [4.69, 9.17) is 10.2 Å². The Morgan fingerprint density at radius 2 is 2.12 bits per heavy atom. The molecule has 0 aliphatic heterocycles. The molecule has 0 fully saturated rings. The maximum absolute atomic E-state index is 12.5. The van der Waals surface area contributed by atoms with E-state index in [-0.39, 0.29) is 0 Å². The number of nitrogens with one attached hydrogen (secondary N) is 1. The minimum Gasteiger partial charge on any atom is -0.467 e. The van der Waals surface area contributed by atoms with Crippen molar-refractivity contribution in [2.45, 2.75) is 31.6 Å². The molecular formula is C10H13F3N2O2. The third-order valence-electron chi connectivity index (χ3n) is 2.38. The van der Waals surface area contributed by atoms with Crippen LogP contribution in [-0.2, 0) is 4.79 Å². The van der Waals surface area contributed by atoms with E-state index in [0.29, 0.717) is 12.7 Å². The van der Waals surface area contributed by atoms with Gasteiger partial charge in [0.15, 0.2) is 5.54 Å². The van der Waals surface area contributed by atoms with Gasteiger partial charge in [-0.25, -0.2) is 0 Å². The Bertz CT molecular complexity index is 385. The molecule has 3 N–H and O–H groups in total. The fourth-order valence-electron chi connectivity index (χ4n) is 1.08. The van der Waals surface area contributed by atoms with Gasteiger partial charge in [-0.2, -0.15) is 13.2 Å². The highest BCUT2D eigenvalue weighted by Crippen LogP contribution is 2.28. The van der Waals surface area contributed by atoms with E-state index in [0.717, 1.165) is 0 Å². The minimum absolute atomic E-state index is 0.358. The van der Waals surface area contributed by atoms with Crippen molar-refractivity contribution in [2.24, 2.45) is 5.73 Å². The van der Waals surface area contributed by atoms with E-state index in [1.165, 1.54) is 13.2 Å². The standard InChI is InChI=1S/C10H13F3N2O2/c1-6(7-4-3-5-17-7)15-8(16)9(2,14)10(11,12)13/h3-6H,14H2,1-2H3,(H,15,16)/t6-,9?/m0/s1. The van der Waals surface area contributed by atoms with Gasteiger partial charge in [-0.15, -0.1) is 0 Å². The van der Waals surface area contributed by atoms with Crippen LogP contribution in [0.2, 0.25) is 0 Å². The fourth-order valence-corrected chi connectivity index (χ4v) is 1.08. The number of hydrogen-bond donors (Lipinski definition) is 2. The number of halogens is 3. The second-order valence-electron chi connectivity index (χ2n) is 3.91. The zero-order chi connectivity index (χ0) is 13.3. The summed E-state index contributed by atoms with van der Waals surface area (Å²) in [4.78, 5) is 11.4. The summed E-state index contributed by atoms with van der Waals surface area (Å²) in [6, 6.07) is 2.44. The molecule has 0 aliphatic rings. The summed E-state index contributed by atoms with van der Waals surface area (Å²) in [6.45, 7) is 2.13. The molecule has 1 rings (SSSR count). The van der Waals surface area contributed by atoms with Crippen molar-refractivity contribution in [1.29, 1.82) is 0 Å². The molecule has 1 aromatic heterocycles. The third kappa shape index (κ3) is 2.79. The lowest BCUT2D eigenvalue weighted by Crippen LogP contribution is -2.61. The van der Waals surface area contributed by atoms with Crippen LogP contribution in [0.5, 0.6) is 0 Å². The summed E-state index contributed by atoms with van der Waals surface area (Å²) >= 11 is 0. The molecule has 1 aromatic rings. The van der Waals surface area contributed by atoms with Crippen LogP contribution in [0.25, 0.3) is 0 Å². The molecule has 7 heteroatoms. The van der Waals surface area contributed by atoms with E-state index < -0.39 is 23.7 Å². The third-order valence-corrected chi connectivity index (χ3v) is 2.38. The van der Waals surface area contributed by atoms with Crippen LogP contribution in [0, 0.1) is 0 Å². The largest absolute Gasteiger partial charge is 0.467 e. The van der Waals surface area contributed by atoms with E-state index in [1.807, 2.05) is 0 Å². The summed E-state index contributed by atoms with van der Waals surface area (Å²) in [6.07, 6.45) is -3.44. The molecule has 0 aromatic carbocycles. The second-order valence-corrected chi connectivity index (χ2v) is 3.91. The number of carbonyl (C=O) groups excluding carboxylic acids is 1. The summed E-state index contributed by atoms with van der Waals surface area (Å²) in [5, 5.41) is 2.15. The number of hydrogen-bond acceptors (Lipinski definition) is 3. The highest BCUT2D eigenvalue weighted by Gasteiger charge is 2.54. The van der Waals surface area contributed by atoms with Crippen molar-refractivity contribution in [3.05, 3.63) is 24.2 Å². The quantitative estimate of drug-likeness (QED) is 0.858. The fraction of sp³-hybridized carbons (Fsp3) is 0.500. The van der Waals surface area contributed by atoms with Crippen LogP contribution >= 0.6 is 0 Å². The summed E-state index contributed by atoms with van der Waals surface area (Å²) in [5.41, 5.74) is 2.05. The summed E-state index contributed by atoms with van der Waals surface area (Å²) in [5.74, 6) is -0.940. The van der Waals surface area contributed by atoms with Crippen molar-refractivity contribution in [3.8, 4) is 0 Å². The van der Waals surface area contributed by atoms with Gasteiger partial charge < -0.3 is 15.5 Å². The van der Waals surface area contributed by atoms with E-state index in [9.17, 15) is 18.0 Å². The molecule has 0 radical (unpaired) electrons. The Labute approximate surface area is 96.0 Å². The Hall–Kier alpha value is -1.50. The van der Waals surface area contributed by atoms with Gasteiger partial charge in [-0.3, -0.25) is 4.79 Å². The van der Waals surface area contributed by atoms with Crippen molar-refractivity contribution in [1.82, 2.24) is 5.32 Å². The lowest BCUT2D eigenvalue weighted by molar-refractivity contribution is -0.187. The van der Waals surface area contributed by atoms with E-state index in [1.54, 1.807) is 12.1 Å². The number of furan rings is 1. The van der Waals surface area contributed by atoms with Gasteiger partial charge in [0.25, 0.3) is 0 Å². The molecule has 2 atom stereocenters. The molecule has 0 saturated carbocycles. The van der Waals surface area contributed by atoms with Gasteiger partial charge in [0.1, 0.15) is 5.76 Å². The van der Waals surface area contributed by atoms with Gasteiger partial charge in [-0.05, 0) is 26.0 Å². The summed E-state index contributed by atoms with van der Waals surface area (Å²) < 4.78 is 42.4. The van der Waals surface area contributed by atoms with Gasteiger partial charge in [-0.1, -0.05) is 0 Å². The van der Waals surface area contributed by atoms with Gasteiger partial charge in [0.2, 0.25) is 5.91 Å². The highest BCUT2D eigenvalue weighted by molar-refractivity contribution is 5.86. The minimum atomic E-state index is -4.81. The van der Waals surface area contributed by atoms with E-state index in [2.05, 4.69) is 5.32 Å². The average molecular weight is 250 g/mol. The van der Waals surface area contributed by atoms with Gasteiger partial charge >= 0.3 is 6.18 Å². The van der Waals surface area contributed by atoms with Crippen LogP contribution in [0.4, 0.5) is 13.2 Å². The summed E-state index contributed by atoms with van der Waals surface area (Å²) in [7, 11) is 0. The monoisotopic (exact) mass is 250 g/mol. The van der Waals surface area contributed by atoms with Crippen LogP contribution in [-0.4, -0.2) is 17.6 Å². The SMILES string of the molecule is C[C@H](NC(=O)C(C)(N)C(F)(F)F)c1ccco1.